The predicted molar refractivity (Wildman–Crippen MR) is 83.1 cm³/mol. The van der Waals surface area contributed by atoms with Gasteiger partial charge in [-0.25, -0.2) is 0 Å². The van der Waals surface area contributed by atoms with E-state index in [0.29, 0.717) is 28.9 Å². The molecule has 0 spiro atoms. The quantitative estimate of drug-likeness (QED) is 0.874. The Hall–Kier alpha value is -1.52. The second-order valence-corrected chi connectivity index (χ2v) is 6.38. The van der Waals surface area contributed by atoms with Gasteiger partial charge in [-0.05, 0) is 36.4 Å². The first-order valence-electron chi connectivity index (χ1n) is 6.54. The molecule has 0 atom stereocenters. The van der Waals surface area contributed by atoms with Crippen LogP contribution in [0.4, 0.5) is 5.69 Å². The normalized spacial score (nSPS) is 14.2. The topological polar surface area (TPSA) is 46.3 Å². The lowest BCUT2D eigenvalue weighted by molar-refractivity contribution is 0.0733. The lowest BCUT2D eigenvalue weighted by Crippen LogP contribution is -2.32. The molecule has 2 aromatic rings. The number of anilines is 1. The second kappa shape index (κ2) is 5.46. The number of nitrogens with two attached hydrogens (primary N) is 1. The van der Waals surface area contributed by atoms with Gasteiger partial charge in [0.25, 0.3) is 5.91 Å². The smallest absolute Gasteiger partial charge is 0.256 e. The van der Waals surface area contributed by atoms with Gasteiger partial charge in [-0.3, -0.25) is 4.79 Å². The van der Waals surface area contributed by atoms with E-state index in [1.807, 2.05) is 16.3 Å². The van der Waals surface area contributed by atoms with E-state index in [4.69, 9.17) is 17.3 Å². The fourth-order valence-corrected chi connectivity index (χ4v) is 3.08. The number of halogens is 1. The average molecular weight is 307 g/mol. The van der Waals surface area contributed by atoms with Crippen LogP contribution in [0.5, 0.6) is 0 Å². The summed E-state index contributed by atoms with van der Waals surface area (Å²) in [6.45, 7) is 0.646. The Bertz CT molecular complexity index is 623. The summed E-state index contributed by atoms with van der Waals surface area (Å²) in [4.78, 5) is 15.8. The number of para-hydroxylation sites is 1. The molecule has 104 valence electrons. The van der Waals surface area contributed by atoms with Gasteiger partial charge in [-0.1, -0.05) is 23.7 Å². The third-order valence-corrected chi connectivity index (χ3v) is 4.63. The molecule has 1 aliphatic rings. The van der Waals surface area contributed by atoms with Crippen LogP contribution < -0.4 is 5.73 Å². The fourth-order valence-electron chi connectivity index (χ4n) is 2.20. The number of thiophene rings is 1. The van der Waals surface area contributed by atoms with Crippen molar-refractivity contribution in [2.75, 3.05) is 5.73 Å². The van der Waals surface area contributed by atoms with Gasteiger partial charge < -0.3 is 10.6 Å². The standard InChI is InChI=1S/C15H15ClN2OS/c16-13-5-1-4-12(14(13)17)15(19)18(10-6-7-10)9-11-3-2-8-20-11/h1-5,8,10H,6-7,9,17H2. The Morgan fingerprint density at radius 3 is 2.80 bits per heavy atom. The highest BCUT2D eigenvalue weighted by molar-refractivity contribution is 7.09. The molecule has 1 heterocycles. The molecule has 1 aliphatic carbocycles. The Morgan fingerprint density at radius 2 is 2.15 bits per heavy atom. The maximum Gasteiger partial charge on any atom is 0.256 e. The number of nitrogen functional groups attached to an aromatic ring is 1. The van der Waals surface area contributed by atoms with Crippen molar-refractivity contribution in [2.24, 2.45) is 0 Å². The van der Waals surface area contributed by atoms with Gasteiger partial charge in [-0.2, -0.15) is 0 Å². The van der Waals surface area contributed by atoms with Crippen LogP contribution in [0, 0.1) is 0 Å². The van der Waals surface area contributed by atoms with E-state index in [-0.39, 0.29) is 5.91 Å². The molecular weight excluding hydrogens is 292 g/mol. The number of nitrogens with zero attached hydrogens (tertiary/aromatic N) is 1. The summed E-state index contributed by atoms with van der Waals surface area (Å²) >= 11 is 7.67. The highest BCUT2D eigenvalue weighted by Crippen LogP contribution is 2.32. The lowest BCUT2D eigenvalue weighted by atomic mass is 10.1. The van der Waals surface area contributed by atoms with E-state index in [0.717, 1.165) is 12.8 Å². The Labute approximate surface area is 127 Å². The minimum Gasteiger partial charge on any atom is -0.397 e. The zero-order valence-electron chi connectivity index (χ0n) is 10.9. The first kappa shape index (κ1) is 13.5. The number of benzene rings is 1. The molecular formula is C15H15ClN2OS. The molecule has 1 fully saturated rings. The molecule has 0 aliphatic heterocycles. The zero-order valence-corrected chi connectivity index (χ0v) is 12.5. The summed E-state index contributed by atoms with van der Waals surface area (Å²) in [5.41, 5.74) is 6.81. The number of hydrogen-bond acceptors (Lipinski definition) is 3. The van der Waals surface area contributed by atoms with E-state index in [9.17, 15) is 4.79 Å². The number of rotatable bonds is 4. The molecule has 20 heavy (non-hydrogen) atoms. The highest BCUT2D eigenvalue weighted by Gasteiger charge is 2.34. The molecule has 2 N–H and O–H groups in total. The van der Waals surface area contributed by atoms with Crippen molar-refractivity contribution < 1.29 is 4.79 Å². The number of hydrogen-bond donors (Lipinski definition) is 1. The van der Waals surface area contributed by atoms with Crippen LogP contribution in [0.2, 0.25) is 5.02 Å². The number of carbonyl (C=O) groups is 1. The summed E-state index contributed by atoms with van der Waals surface area (Å²) in [7, 11) is 0. The van der Waals surface area contributed by atoms with Crippen LogP contribution >= 0.6 is 22.9 Å². The van der Waals surface area contributed by atoms with Crippen molar-refractivity contribution >= 4 is 34.5 Å². The van der Waals surface area contributed by atoms with Crippen LogP contribution in [0.25, 0.3) is 0 Å². The number of carbonyl (C=O) groups excluding carboxylic acids is 1. The van der Waals surface area contributed by atoms with Crippen molar-refractivity contribution in [2.45, 2.75) is 25.4 Å². The lowest BCUT2D eigenvalue weighted by Gasteiger charge is -2.22. The number of amides is 1. The molecule has 1 aromatic heterocycles. The largest absolute Gasteiger partial charge is 0.397 e. The summed E-state index contributed by atoms with van der Waals surface area (Å²) in [5.74, 6) is -0.0269. The van der Waals surface area contributed by atoms with E-state index in [2.05, 4.69) is 6.07 Å². The highest BCUT2D eigenvalue weighted by atomic mass is 35.5. The Kier molecular flexibility index (Phi) is 3.68. The predicted octanol–water partition coefficient (Wildman–Crippen LogP) is 3.79. The third-order valence-electron chi connectivity index (χ3n) is 3.44. The van der Waals surface area contributed by atoms with Gasteiger partial charge >= 0.3 is 0 Å². The maximum atomic E-state index is 12.7. The van der Waals surface area contributed by atoms with Crippen LogP contribution in [0.3, 0.4) is 0 Å². The van der Waals surface area contributed by atoms with Crippen molar-refractivity contribution in [1.82, 2.24) is 4.90 Å². The van der Waals surface area contributed by atoms with Crippen molar-refractivity contribution in [1.29, 1.82) is 0 Å². The zero-order chi connectivity index (χ0) is 14.1. The molecule has 0 radical (unpaired) electrons. The van der Waals surface area contributed by atoms with Crippen molar-refractivity contribution in [3.8, 4) is 0 Å². The van der Waals surface area contributed by atoms with E-state index >= 15 is 0 Å². The van der Waals surface area contributed by atoms with Crippen LogP contribution in [0.1, 0.15) is 28.1 Å². The first-order valence-corrected chi connectivity index (χ1v) is 7.80. The van der Waals surface area contributed by atoms with Gasteiger partial charge in [0.05, 0.1) is 22.8 Å². The molecule has 1 saturated carbocycles. The van der Waals surface area contributed by atoms with Crippen LogP contribution in [-0.4, -0.2) is 16.8 Å². The van der Waals surface area contributed by atoms with Gasteiger partial charge in [0.1, 0.15) is 0 Å². The summed E-state index contributed by atoms with van der Waals surface area (Å²) < 4.78 is 0. The van der Waals surface area contributed by atoms with Crippen molar-refractivity contribution in [3.05, 3.63) is 51.2 Å². The van der Waals surface area contributed by atoms with E-state index in [1.54, 1.807) is 29.5 Å². The van der Waals surface area contributed by atoms with E-state index < -0.39 is 0 Å². The molecule has 0 saturated heterocycles. The molecule has 3 rings (SSSR count). The Morgan fingerprint density at radius 1 is 1.35 bits per heavy atom. The molecule has 0 bridgehead atoms. The summed E-state index contributed by atoms with van der Waals surface area (Å²) in [6, 6.07) is 9.60. The van der Waals surface area contributed by atoms with Crippen LogP contribution in [-0.2, 0) is 6.54 Å². The van der Waals surface area contributed by atoms with Crippen molar-refractivity contribution in [3.63, 3.8) is 0 Å². The molecule has 1 aromatic carbocycles. The molecule has 5 heteroatoms. The summed E-state index contributed by atoms with van der Waals surface area (Å²) in [6.07, 6.45) is 2.13. The minimum absolute atomic E-state index is 0.0269. The molecule has 3 nitrogen and oxygen atoms in total. The summed E-state index contributed by atoms with van der Waals surface area (Å²) in [5, 5.41) is 2.46. The van der Waals surface area contributed by atoms with E-state index in [1.165, 1.54) is 4.88 Å². The second-order valence-electron chi connectivity index (χ2n) is 4.94. The average Bonchev–Trinajstić information content (AvgIpc) is 3.15. The molecule has 1 amide bonds. The minimum atomic E-state index is -0.0269. The van der Waals surface area contributed by atoms with Gasteiger partial charge in [0.15, 0.2) is 0 Å². The fraction of sp³-hybridized carbons (Fsp3) is 0.267. The maximum absolute atomic E-state index is 12.7. The monoisotopic (exact) mass is 306 g/mol. The third kappa shape index (κ3) is 2.67. The molecule has 0 unspecified atom stereocenters. The Balaban J connectivity index is 1.87. The first-order chi connectivity index (χ1) is 9.66. The van der Waals surface area contributed by atoms with Gasteiger partial charge in [-0.15, -0.1) is 11.3 Å². The SMILES string of the molecule is Nc1c(Cl)cccc1C(=O)N(Cc1cccs1)C1CC1. The van der Waals surface area contributed by atoms with Gasteiger partial charge in [0.2, 0.25) is 0 Å². The van der Waals surface area contributed by atoms with Crippen LogP contribution in [0.15, 0.2) is 35.7 Å². The van der Waals surface area contributed by atoms with Gasteiger partial charge in [0, 0.05) is 10.9 Å².